The van der Waals surface area contributed by atoms with Gasteiger partial charge < -0.3 is 4.90 Å². The SMILES string of the molecule is CCn1c(=Cc2scc[n+]2Cc2ccccc2)sc(=C2Sc3ccccc3N2C)c1=O. The third kappa shape index (κ3) is 3.78. The van der Waals surface area contributed by atoms with Crippen LogP contribution < -0.4 is 24.2 Å². The molecule has 0 saturated carbocycles. The number of thiazole rings is 2. The number of anilines is 1. The van der Waals surface area contributed by atoms with E-state index in [1.165, 1.54) is 10.5 Å². The van der Waals surface area contributed by atoms with Crippen molar-refractivity contribution >= 4 is 51.2 Å². The van der Waals surface area contributed by atoms with Gasteiger partial charge in [-0.3, -0.25) is 9.36 Å². The predicted molar refractivity (Wildman–Crippen MR) is 131 cm³/mol. The van der Waals surface area contributed by atoms with Gasteiger partial charge in [-0.25, -0.2) is 0 Å². The molecule has 0 bridgehead atoms. The van der Waals surface area contributed by atoms with Crippen LogP contribution in [-0.2, 0) is 13.1 Å². The van der Waals surface area contributed by atoms with Gasteiger partial charge in [0, 0.05) is 24.1 Å². The van der Waals surface area contributed by atoms with Gasteiger partial charge in [-0.2, -0.15) is 4.57 Å². The van der Waals surface area contributed by atoms with Gasteiger partial charge in [-0.05, 0) is 19.1 Å². The van der Waals surface area contributed by atoms with E-state index in [1.807, 2.05) is 36.7 Å². The van der Waals surface area contributed by atoms with Gasteiger partial charge in [0.05, 0.1) is 17.1 Å². The summed E-state index contributed by atoms with van der Waals surface area (Å²) in [6, 6.07) is 18.8. The van der Waals surface area contributed by atoms with Crippen LogP contribution in [0.15, 0.2) is 75.9 Å². The zero-order valence-electron chi connectivity index (χ0n) is 17.3. The summed E-state index contributed by atoms with van der Waals surface area (Å²) in [6.07, 6.45) is 4.26. The molecular formula is C24H22N3OS3+. The molecule has 0 spiro atoms. The molecule has 1 aliphatic heterocycles. The molecule has 0 aliphatic carbocycles. The van der Waals surface area contributed by atoms with Gasteiger partial charge in [0.2, 0.25) is 0 Å². The highest BCUT2D eigenvalue weighted by Crippen LogP contribution is 2.44. The Morgan fingerprint density at radius 1 is 1.06 bits per heavy atom. The van der Waals surface area contributed by atoms with Crippen LogP contribution in [0, 0.1) is 0 Å². The van der Waals surface area contributed by atoms with E-state index in [4.69, 9.17) is 0 Å². The lowest BCUT2D eigenvalue weighted by molar-refractivity contribution is -0.685. The number of aromatic nitrogens is 2. The van der Waals surface area contributed by atoms with E-state index in [0.717, 1.165) is 31.5 Å². The van der Waals surface area contributed by atoms with Crippen molar-refractivity contribution in [2.75, 3.05) is 11.9 Å². The second kappa shape index (κ2) is 8.49. The summed E-state index contributed by atoms with van der Waals surface area (Å²) < 4.78 is 5.92. The zero-order chi connectivity index (χ0) is 21.4. The lowest BCUT2D eigenvalue weighted by atomic mass is 10.2. The fraction of sp³-hybridized carbons (Fsp3) is 0.167. The van der Waals surface area contributed by atoms with E-state index >= 15 is 0 Å². The standard InChI is InChI=1S/C24H22N3OS3/c1-3-27-21(15-20-26(13-14-29-20)16-17-9-5-4-6-10-17)31-22(23(27)28)24-25(2)18-11-7-8-12-19(18)30-24/h4-15H,3,16H2,1-2H3/q+1. The molecule has 0 fully saturated rings. The molecule has 7 heteroatoms. The average Bonchev–Trinajstić information content (AvgIpc) is 3.45. The number of para-hydroxylation sites is 1. The van der Waals surface area contributed by atoms with Crippen molar-refractivity contribution in [2.24, 2.45) is 0 Å². The van der Waals surface area contributed by atoms with Crippen molar-refractivity contribution in [1.82, 2.24) is 4.57 Å². The molecule has 0 N–H and O–H groups in total. The number of fused-ring (bicyclic) bond motifs is 1. The van der Waals surface area contributed by atoms with Crippen LogP contribution in [0.4, 0.5) is 5.69 Å². The third-order valence-corrected chi connectivity index (χ3v) is 8.65. The Labute approximate surface area is 193 Å². The molecule has 0 unspecified atom stereocenters. The van der Waals surface area contributed by atoms with Gasteiger partial charge in [0.1, 0.15) is 14.2 Å². The first-order chi connectivity index (χ1) is 15.2. The number of nitrogens with zero attached hydrogens (tertiary/aromatic N) is 3. The number of benzene rings is 2. The molecule has 4 nitrogen and oxygen atoms in total. The minimum absolute atomic E-state index is 0.0899. The van der Waals surface area contributed by atoms with Crippen molar-refractivity contribution in [3.8, 4) is 0 Å². The van der Waals surface area contributed by atoms with Crippen molar-refractivity contribution in [3.63, 3.8) is 0 Å². The maximum atomic E-state index is 13.3. The van der Waals surface area contributed by atoms with E-state index in [0.29, 0.717) is 6.54 Å². The molecular weight excluding hydrogens is 442 g/mol. The van der Waals surface area contributed by atoms with E-state index in [-0.39, 0.29) is 5.56 Å². The van der Waals surface area contributed by atoms with Crippen LogP contribution in [0.3, 0.4) is 0 Å². The molecule has 156 valence electrons. The summed E-state index contributed by atoms with van der Waals surface area (Å²) >= 11 is 4.96. The fourth-order valence-electron chi connectivity index (χ4n) is 3.72. The summed E-state index contributed by atoms with van der Waals surface area (Å²) in [5, 5.41) is 4.25. The first-order valence-corrected chi connectivity index (χ1v) is 12.6. The van der Waals surface area contributed by atoms with Crippen LogP contribution >= 0.6 is 34.4 Å². The van der Waals surface area contributed by atoms with Crippen molar-refractivity contribution in [1.29, 1.82) is 0 Å². The quantitative estimate of drug-likeness (QED) is 0.433. The monoisotopic (exact) mass is 464 g/mol. The third-order valence-electron chi connectivity index (χ3n) is 5.32. The molecule has 3 heterocycles. The van der Waals surface area contributed by atoms with Crippen molar-refractivity contribution < 1.29 is 4.57 Å². The first kappa shape index (κ1) is 20.3. The zero-order valence-corrected chi connectivity index (χ0v) is 19.8. The Bertz CT molecular complexity index is 1420. The summed E-state index contributed by atoms with van der Waals surface area (Å²) in [6.45, 7) is 3.50. The van der Waals surface area contributed by atoms with Crippen LogP contribution in [0.25, 0.3) is 11.1 Å². The summed E-state index contributed by atoms with van der Waals surface area (Å²) in [5.74, 6) is 0. The van der Waals surface area contributed by atoms with Gasteiger partial charge >= 0.3 is 0 Å². The summed E-state index contributed by atoms with van der Waals surface area (Å²) in [7, 11) is 2.04. The largest absolute Gasteiger partial charge is 0.337 e. The molecule has 2 aromatic carbocycles. The lowest BCUT2D eigenvalue weighted by Crippen LogP contribution is -2.36. The van der Waals surface area contributed by atoms with Crippen LogP contribution in [-0.4, -0.2) is 11.6 Å². The maximum Gasteiger partial charge on any atom is 0.271 e. The van der Waals surface area contributed by atoms with Gasteiger partial charge in [-0.15, -0.1) is 11.3 Å². The van der Waals surface area contributed by atoms with Crippen LogP contribution in [0.1, 0.15) is 17.5 Å². The van der Waals surface area contributed by atoms with Crippen molar-refractivity contribution in [3.05, 3.63) is 96.3 Å². The Morgan fingerprint density at radius 2 is 1.84 bits per heavy atom. The lowest BCUT2D eigenvalue weighted by Gasteiger charge is -2.11. The summed E-state index contributed by atoms with van der Waals surface area (Å²) in [5.41, 5.74) is 2.51. The predicted octanol–water partition coefficient (Wildman–Crippen LogP) is 3.46. The van der Waals surface area contributed by atoms with E-state index in [9.17, 15) is 4.79 Å². The first-order valence-electron chi connectivity index (χ1n) is 10.1. The van der Waals surface area contributed by atoms with Gasteiger partial charge in [-0.1, -0.05) is 65.6 Å². The normalized spacial score (nSPS) is 15.5. The number of thioether (sulfide) groups is 1. The smallest absolute Gasteiger partial charge is 0.271 e. The van der Waals surface area contributed by atoms with E-state index in [2.05, 4.69) is 63.5 Å². The molecule has 4 aromatic rings. The molecule has 0 amide bonds. The summed E-state index contributed by atoms with van der Waals surface area (Å²) in [4.78, 5) is 16.6. The van der Waals surface area contributed by atoms with Gasteiger partial charge in [0.25, 0.3) is 10.6 Å². The highest BCUT2D eigenvalue weighted by Gasteiger charge is 2.24. The maximum absolute atomic E-state index is 13.3. The highest BCUT2D eigenvalue weighted by atomic mass is 32.2. The molecule has 5 rings (SSSR count). The van der Waals surface area contributed by atoms with E-state index in [1.54, 1.807) is 34.4 Å². The van der Waals surface area contributed by atoms with E-state index < -0.39 is 0 Å². The Hall–Kier alpha value is -2.61. The average molecular weight is 465 g/mol. The number of hydrogen-bond acceptors (Lipinski definition) is 5. The number of rotatable bonds is 4. The van der Waals surface area contributed by atoms with Crippen LogP contribution in [0.2, 0.25) is 0 Å². The Balaban J connectivity index is 1.61. The topological polar surface area (TPSA) is 29.1 Å². The Kier molecular flexibility index (Phi) is 5.56. The van der Waals surface area contributed by atoms with Crippen LogP contribution in [0.5, 0.6) is 0 Å². The Morgan fingerprint density at radius 3 is 2.61 bits per heavy atom. The molecule has 31 heavy (non-hydrogen) atoms. The van der Waals surface area contributed by atoms with Crippen molar-refractivity contribution in [2.45, 2.75) is 24.9 Å². The minimum atomic E-state index is 0.0899. The molecule has 0 radical (unpaired) electrons. The highest BCUT2D eigenvalue weighted by molar-refractivity contribution is 8.08. The number of hydrogen-bond donors (Lipinski definition) is 0. The molecule has 2 aromatic heterocycles. The van der Waals surface area contributed by atoms with Gasteiger partial charge in [0.15, 0.2) is 12.7 Å². The molecule has 1 aliphatic rings. The minimum Gasteiger partial charge on any atom is -0.337 e. The molecule has 0 atom stereocenters. The second-order valence-corrected chi connectivity index (χ2v) is 10.2. The molecule has 0 saturated heterocycles. The second-order valence-electron chi connectivity index (χ2n) is 7.25. The fourth-order valence-corrected chi connectivity index (χ4v) is 7.03.